The molecule has 1 N–H and O–H groups in total. The Morgan fingerprint density at radius 2 is 2.00 bits per heavy atom. The molecule has 1 aliphatic heterocycles. The van der Waals surface area contributed by atoms with Crippen molar-refractivity contribution in [2.75, 3.05) is 45.9 Å². The minimum Gasteiger partial charge on any atom is -0.494 e. The SMILES string of the molecule is Cc1cc(=O)oc2ccc(OCCCC(=O)N3CCN(CCO)CC3)cc12. The average molecular weight is 374 g/mol. The van der Waals surface area contributed by atoms with E-state index in [4.69, 9.17) is 14.3 Å². The normalized spacial score (nSPS) is 15.3. The number of benzene rings is 1. The van der Waals surface area contributed by atoms with Crippen LogP contribution in [0.2, 0.25) is 0 Å². The number of nitrogens with zero attached hydrogens (tertiary/aromatic N) is 2. The number of fused-ring (bicyclic) bond motifs is 1. The number of hydrogen-bond acceptors (Lipinski definition) is 6. The molecule has 7 nitrogen and oxygen atoms in total. The average Bonchev–Trinajstić information content (AvgIpc) is 2.66. The second-order valence-corrected chi connectivity index (χ2v) is 6.80. The molecule has 0 radical (unpaired) electrons. The topological polar surface area (TPSA) is 83.2 Å². The minimum absolute atomic E-state index is 0.151. The maximum atomic E-state index is 12.3. The fraction of sp³-hybridized carbons (Fsp3) is 0.500. The van der Waals surface area contributed by atoms with Gasteiger partial charge in [-0.15, -0.1) is 0 Å². The first-order valence-corrected chi connectivity index (χ1v) is 9.35. The van der Waals surface area contributed by atoms with Gasteiger partial charge in [-0.25, -0.2) is 4.79 Å². The number of aliphatic hydroxyl groups is 1. The standard InChI is InChI=1S/C20H26N2O5/c1-15-13-20(25)27-18-5-4-16(14-17(15)18)26-12-2-3-19(24)22-8-6-21(7-9-22)10-11-23/h4-5,13-14,23H,2-3,6-12H2,1H3. The molecule has 1 saturated heterocycles. The molecule has 7 heteroatoms. The van der Waals surface area contributed by atoms with Crippen molar-refractivity contribution >= 4 is 16.9 Å². The summed E-state index contributed by atoms with van der Waals surface area (Å²) in [5, 5.41) is 9.81. The Labute approximate surface area is 158 Å². The second kappa shape index (κ2) is 9.01. The molecular weight excluding hydrogens is 348 g/mol. The summed E-state index contributed by atoms with van der Waals surface area (Å²) in [7, 11) is 0. The molecule has 0 aliphatic carbocycles. The zero-order valence-electron chi connectivity index (χ0n) is 15.6. The second-order valence-electron chi connectivity index (χ2n) is 6.80. The predicted octanol–water partition coefficient (Wildman–Crippen LogP) is 1.40. The molecule has 2 aromatic rings. The molecule has 2 heterocycles. The Morgan fingerprint density at radius 3 is 2.74 bits per heavy atom. The molecule has 1 fully saturated rings. The minimum atomic E-state index is -0.357. The molecule has 146 valence electrons. The Hall–Kier alpha value is -2.38. The summed E-state index contributed by atoms with van der Waals surface area (Å²) in [5.74, 6) is 0.850. The van der Waals surface area contributed by atoms with Crippen LogP contribution < -0.4 is 10.4 Å². The lowest BCUT2D eigenvalue weighted by molar-refractivity contribution is -0.133. The van der Waals surface area contributed by atoms with E-state index in [1.54, 1.807) is 12.1 Å². The van der Waals surface area contributed by atoms with Crippen LogP contribution in [0.5, 0.6) is 5.75 Å². The Bertz CT molecular complexity index is 840. The first-order valence-electron chi connectivity index (χ1n) is 9.35. The fourth-order valence-electron chi connectivity index (χ4n) is 3.32. The number of aryl methyl sites for hydroxylation is 1. The van der Waals surface area contributed by atoms with Crippen molar-refractivity contribution in [3.63, 3.8) is 0 Å². The highest BCUT2D eigenvalue weighted by Gasteiger charge is 2.20. The van der Waals surface area contributed by atoms with E-state index in [0.717, 1.165) is 37.1 Å². The van der Waals surface area contributed by atoms with Crippen molar-refractivity contribution in [2.45, 2.75) is 19.8 Å². The molecule has 3 rings (SSSR count). The molecule has 27 heavy (non-hydrogen) atoms. The number of amides is 1. The predicted molar refractivity (Wildman–Crippen MR) is 102 cm³/mol. The van der Waals surface area contributed by atoms with Crippen molar-refractivity contribution in [1.82, 2.24) is 9.80 Å². The highest BCUT2D eigenvalue weighted by molar-refractivity contribution is 5.81. The van der Waals surface area contributed by atoms with Gasteiger partial charge in [0.1, 0.15) is 11.3 Å². The van der Waals surface area contributed by atoms with Crippen LogP contribution in [0.3, 0.4) is 0 Å². The largest absolute Gasteiger partial charge is 0.494 e. The van der Waals surface area contributed by atoms with E-state index in [-0.39, 0.29) is 18.1 Å². The van der Waals surface area contributed by atoms with Gasteiger partial charge in [0, 0.05) is 50.6 Å². The zero-order valence-corrected chi connectivity index (χ0v) is 15.6. The highest BCUT2D eigenvalue weighted by Crippen LogP contribution is 2.22. The monoisotopic (exact) mass is 374 g/mol. The van der Waals surface area contributed by atoms with E-state index < -0.39 is 0 Å². The van der Waals surface area contributed by atoms with E-state index in [2.05, 4.69) is 4.90 Å². The number of carbonyl (C=O) groups excluding carboxylic acids is 1. The van der Waals surface area contributed by atoms with Crippen LogP contribution >= 0.6 is 0 Å². The Kier molecular flexibility index (Phi) is 6.47. The lowest BCUT2D eigenvalue weighted by atomic mass is 10.1. The van der Waals surface area contributed by atoms with Crippen molar-refractivity contribution in [1.29, 1.82) is 0 Å². The summed E-state index contributed by atoms with van der Waals surface area (Å²) in [4.78, 5) is 27.7. The molecule has 0 saturated carbocycles. The number of carbonyl (C=O) groups is 1. The molecule has 1 aliphatic rings. The summed E-state index contributed by atoms with van der Waals surface area (Å²) in [6.45, 7) is 6.21. The van der Waals surface area contributed by atoms with Gasteiger partial charge in [-0.05, 0) is 37.1 Å². The lowest BCUT2D eigenvalue weighted by Gasteiger charge is -2.34. The molecule has 0 bridgehead atoms. The summed E-state index contributed by atoms with van der Waals surface area (Å²) in [6, 6.07) is 6.82. The molecule has 0 unspecified atom stereocenters. The van der Waals surface area contributed by atoms with Crippen LogP contribution in [0.1, 0.15) is 18.4 Å². The molecule has 0 atom stereocenters. The lowest BCUT2D eigenvalue weighted by Crippen LogP contribution is -2.49. The van der Waals surface area contributed by atoms with Crippen LogP contribution in [-0.2, 0) is 4.79 Å². The van der Waals surface area contributed by atoms with Crippen LogP contribution in [0.25, 0.3) is 11.0 Å². The highest BCUT2D eigenvalue weighted by atomic mass is 16.5. The number of hydrogen-bond donors (Lipinski definition) is 1. The third-order valence-electron chi connectivity index (χ3n) is 4.87. The molecular formula is C20H26N2O5. The van der Waals surface area contributed by atoms with Crippen molar-refractivity contribution in [2.24, 2.45) is 0 Å². The van der Waals surface area contributed by atoms with Gasteiger partial charge in [0.25, 0.3) is 0 Å². The van der Waals surface area contributed by atoms with Crippen molar-refractivity contribution in [3.05, 3.63) is 40.2 Å². The van der Waals surface area contributed by atoms with Gasteiger partial charge in [-0.2, -0.15) is 0 Å². The number of ether oxygens (including phenoxy) is 1. The van der Waals surface area contributed by atoms with Gasteiger partial charge in [0.2, 0.25) is 5.91 Å². The summed E-state index contributed by atoms with van der Waals surface area (Å²) >= 11 is 0. The summed E-state index contributed by atoms with van der Waals surface area (Å²) < 4.78 is 10.9. The van der Waals surface area contributed by atoms with E-state index in [9.17, 15) is 9.59 Å². The number of rotatable bonds is 7. The van der Waals surface area contributed by atoms with Crippen LogP contribution in [0.4, 0.5) is 0 Å². The summed E-state index contributed by atoms with van der Waals surface area (Å²) in [6.07, 6.45) is 1.11. The Morgan fingerprint density at radius 1 is 1.22 bits per heavy atom. The zero-order chi connectivity index (χ0) is 19.2. The number of aliphatic hydroxyl groups excluding tert-OH is 1. The molecule has 1 aromatic carbocycles. The number of piperazine rings is 1. The van der Waals surface area contributed by atoms with E-state index in [1.807, 2.05) is 17.9 Å². The van der Waals surface area contributed by atoms with Crippen LogP contribution in [-0.4, -0.2) is 66.8 Å². The maximum Gasteiger partial charge on any atom is 0.336 e. The van der Waals surface area contributed by atoms with Gasteiger partial charge in [-0.1, -0.05) is 0 Å². The molecule has 1 aromatic heterocycles. The third kappa shape index (κ3) is 5.08. The van der Waals surface area contributed by atoms with E-state index in [0.29, 0.717) is 37.3 Å². The van der Waals surface area contributed by atoms with Gasteiger partial charge >= 0.3 is 5.63 Å². The summed E-state index contributed by atoms with van der Waals surface area (Å²) in [5.41, 5.74) is 1.04. The number of β-amino-alcohol motifs (C(OH)–C–C–N with tert-alkyl or cyclic N) is 1. The van der Waals surface area contributed by atoms with E-state index >= 15 is 0 Å². The maximum absolute atomic E-state index is 12.3. The Balaban J connectivity index is 1.44. The van der Waals surface area contributed by atoms with Crippen molar-refractivity contribution < 1.29 is 19.1 Å². The molecule has 1 amide bonds. The van der Waals surface area contributed by atoms with Gasteiger partial charge < -0.3 is 19.2 Å². The van der Waals surface area contributed by atoms with Crippen LogP contribution in [0.15, 0.2) is 33.5 Å². The quantitative estimate of drug-likeness (QED) is 0.583. The van der Waals surface area contributed by atoms with Gasteiger partial charge in [-0.3, -0.25) is 9.69 Å². The first kappa shape index (κ1) is 19.4. The smallest absolute Gasteiger partial charge is 0.336 e. The van der Waals surface area contributed by atoms with Crippen LogP contribution in [0, 0.1) is 6.92 Å². The first-order chi connectivity index (χ1) is 13.1. The van der Waals surface area contributed by atoms with E-state index in [1.165, 1.54) is 6.07 Å². The van der Waals surface area contributed by atoms with Gasteiger partial charge in [0.15, 0.2) is 0 Å². The third-order valence-corrected chi connectivity index (χ3v) is 4.87. The van der Waals surface area contributed by atoms with Crippen molar-refractivity contribution in [3.8, 4) is 5.75 Å². The fourth-order valence-corrected chi connectivity index (χ4v) is 3.32. The molecule has 0 spiro atoms. The van der Waals surface area contributed by atoms with Gasteiger partial charge in [0.05, 0.1) is 13.2 Å².